The van der Waals surface area contributed by atoms with Crippen molar-refractivity contribution in [3.8, 4) is 0 Å². The van der Waals surface area contributed by atoms with Crippen molar-refractivity contribution in [3.05, 3.63) is 11.0 Å². The van der Waals surface area contributed by atoms with E-state index in [0.717, 1.165) is 0 Å². The molecule has 9 heavy (non-hydrogen) atoms. The van der Waals surface area contributed by atoms with Crippen LogP contribution < -0.4 is 0 Å². The van der Waals surface area contributed by atoms with E-state index < -0.39 is 0 Å². The average Bonchev–Trinajstić information content (AvgIpc) is 2.18. The number of nitrogens with one attached hydrogen (secondary N) is 1. The summed E-state index contributed by atoms with van der Waals surface area (Å²) in [6, 6.07) is 0. The Labute approximate surface area is 56.8 Å². The van der Waals surface area contributed by atoms with Crippen LogP contribution in [0, 0.1) is 6.92 Å². The van der Waals surface area contributed by atoms with Crippen LogP contribution in [0.2, 0.25) is 0 Å². The van der Waals surface area contributed by atoms with Gasteiger partial charge < -0.3 is 0 Å². The molecule has 0 spiro atoms. The number of aromatic amines is 1. The number of aryl methyl sites for hydroxylation is 2. The van der Waals surface area contributed by atoms with Crippen molar-refractivity contribution in [1.82, 2.24) is 9.96 Å². The van der Waals surface area contributed by atoms with Crippen LogP contribution >= 0.6 is 8.35 Å². The first-order chi connectivity index (χ1) is 4.34. The molecule has 0 aliphatic heterocycles. The molecule has 0 atom stereocenters. The Hall–Kier alpha value is -0.360. The third kappa shape index (κ3) is 1.52. The quantitative estimate of drug-likeness (QED) is 0.674. The van der Waals surface area contributed by atoms with Gasteiger partial charge in [-0.25, -0.2) is 0 Å². The molecule has 0 bridgehead atoms. The Kier molecular flexibility index (Phi) is 2.23. The highest BCUT2D eigenvalue weighted by molar-refractivity contribution is 7.26. The second-order valence-corrected chi connectivity index (χ2v) is 3.07. The first-order valence-corrected chi connectivity index (χ1v) is 4.10. The summed E-state index contributed by atoms with van der Waals surface area (Å²) in [6.07, 6.45) is 2.40. The molecular formula is C6H11N2P. The highest BCUT2D eigenvalue weighted by atomic mass is 31.0. The van der Waals surface area contributed by atoms with Gasteiger partial charge in [-0.05, 0) is 13.3 Å². The van der Waals surface area contributed by atoms with Gasteiger partial charge in [-0.3, -0.25) is 4.86 Å². The smallest absolute Gasteiger partial charge is 0.0671 e. The first kappa shape index (κ1) is 6.76. The second-order valence-electron chi connectivity index (χ2n) is 2.11. The molecule has 0 amide bonds. The summed E-state index contributed by atoms with van der Waals surface area (Å²) >= 11 is 0. The molecule has 1 N–H and O–H groups in total. The highest BCUT2D eigenvalue weighted by Gasteiger charge is 1.97. The summed E-state index contributed by atoms with van der Waals surface area (Å²) < 4.78 is 0. The van der Waals surface area contributed by atoms with Gasteiger partial charge in [0.2, 0.25) is 0 Å². The lowest BCUT2D eigenvalue weighted by Gasteiger charge is -1.89. The monoisotopic (exact) mass is 142 g/mol. The maximum atomic E-state index is 4.05. The number of rotatable bonds is 2. The Balaban J connectivity index is 2.69. The van der Waals surface area contributed by atoms with Crippen LogP contribution in [0.15, 0.2) is 0 Å². The Morgan fingerprint density at radius 3 is 2.89 bits per heavy atom. The fourth-order valence-corrected chi connectivity index (χ4v) is 1.65. The predicted octanol–water partition coefficient (Wildman–Crippen LogP) is 2.25. The van der Waals surface area contributed by atoms with Gasteiger partial charge in [0.1, 0.15) is 0 Å². The molecule has 0 unspecified atom stereocenters. The minimum Gasteiger partial charge on any atom is -0.260 e. The summed E-state index contributed by atoms with van der Waals surface area (Å²) in [6.45, 7) is 4.24. The van der Waals surface area contributed by atoms with Crippen LogP contribution in [0.1, 0.15) is 24.3 Å². The van der Waals surface area contributed by atoms with Crippen LogP contribution in [0.5, 0.6) is 0 Å². The molecular weight excluding hydrogens is 131 g/mol. The Morgan fingerprint density at radius 1 is 1.67 bits per heavy atom. The number of aromatic nitrogens is 2. The van der Waals surface area contributed by atoms with E-state index in [0.29, 0.717) is 0 Å². The normalized spacial score (nSPS) is 10.9. The molecule has 0 aliphatic carbocycles. The number of H-pyrrole nitrogens is 1. The van der Waals surface area contributed by atoms with Gasteiger partial charge in [-0.2, -0.15) is 5.10 Å². The van der Waals surface area contributed by atoms with Gasteiger partial charge in [-0.1, -0.05) is 13.3 Å². The third-order valence-electron chi connectivity index (χ3n) is 1.31. The van der Waals surface area contributed by atoms with E-state index in [1.807, 2.05) is 0 Å². The van der Waals surface area contributed by atoms with E-state index >= 15 is 0 Å². The van der Waals surface area contributed by atoms with Gasteiger partial charge in [0.25, 0.3) is 0 Å². The summed E-state index contributed by atoms with van der Waals surface area (Å²) in [4.78, 5) is 2.93. The van der Waals surface area contributed by atoms with Crippen LogP contribution in [-0.2, 0) is 6.42 Å². The zero-order valence-electron chi connectivity index (χ0n) is 5.81. The Morgan fingerprint density at radius 2 is 2.44 bits per heavy atom. The zero-order valence-corrected chi connectivity index (χ0v) is 6.70. The van der Waals surface area contributed by atoms with E-state index in [-0.39, 0.29) is 0 Å². The fourth-order valence-electron chi connectivity index (χ4n) is 0.779. The summed E-state index contributed by atoms with van der Waals surface area (Å²) in [5.74, 6) is 0. The van der Waals surface area contributed by atoms with E-state index in [1.165, 1.54) is 32.2 Å². The molecule has 1 heterocycles. The summed E-state index contributed by atoms with van der Waals surface area (Å²) in [5, 5.41) is 5.50. The molecule has 1 aromatic heterocycles. The summed E-state index contributed by atoms with van der Waals surface area (Å²) in [5.41, 5.74) is 1.18. The van der Waals surface area contributed by atoms with Gasteiger partial charge >= 0.3 is 0 Å². The van der Waals surface area contributed by atoms with E-state index in [9.17, 15) is 0 Å². The number of hydrogen-bond donors (Lipinski definition) is 1. The lowest BCUT2D eigenvalue weighted by molar-refractivity contribution is 0.921. The molecule has 0 aromatic carbocycles. The zero-order chi connectivity index (χ0) is 6.69. The average molecular weight is 142 g/mol. The van der Waals surface area contributed by atoms with Crippen molar-refractivity contribution < 1.29 is 0 Å². The first-order valence-electron chi connectivity index (χ1n) is 3.21. The van der Waals surface area contributed by atoms with Crippen molar-refractivity contribution in [2.75, 3.05) is 0 Å². The van der Waals surface area contributed by atoms with E-state index in [2.05, 4.69) is 23.8 Å². The maximum Gasteiger partial charge on any atom is 0.0671 e. The maximum absolute atomic E-state index is 4.05. The number of hydrogen-bond acceptors (Lipinski definition) is 1. The van der Waals surface area contributed by atoms with Crippen molar-refractivity contribution in [2.45, 2.75) is 26.7 Å². The lowest BCUT2D eigenvalue weighted by Crippen LogP contribution is -1.80. The fraction of sp³-hybridized carbons (Fsp3) is 0.667. The molecule has 3 heteroatoms. The van der Waals surface area contributed by atoms with E-state index in [1.54, 1.807) is 0 Å². The van der Waals surface area contributed by atoms with Gasteiger partial charge in [0, 0.05) is 13.6 Å². The van der Waals surface area contributed by atoms with Crippen molar-refractivity contribution in [2.24, 2.45) is 0 Å². The lowest BCUT2D eigenvalue weighted by atomic mass is 10.2. The highest BCUT2D eigenvalue weighted by Crippen LogP contribution is 2.15. The van der Waals surface area contributed by atoms with Gasteiger partial charge in [-0.15, -0.1) is 0 Å². The van der Waals surface area contributed by atoms with Gasteiger partial charge in [0.05, 0.1) is 5.69 Å². The predicted molar refractivity (Wildman–Crippen MR) is 39.8 cm³/mol. The van der Waals surface area contributed by atoms with Crippen LogP contribution in [-0.4, -0.2) is 9.96 Å². The molecule has 1 rings (SSSR count). The molecule has 0 fully saturated rings. The molecule has 1 aromatic rings. The van der Waals surface area contributed by atoms with Crippen LogP contribution in [0.4, 0.5) is 0 Å². The number of nitrogens with zero attached hydrogens (tertiary/aromatic N) is 1. The van der Waals surface area contributed by atoms with Gasteiger partial charge in [0.15, 0.2) is 0 Å². The molecule has 0 radical (unpaired) electrons. The third-order valence-corrected chi connectivity index (χ3v) is 2.32. The molecule has 0 aliphatic rings. The SMILES string of the molecule is CCCc1p[nH]nc1C. The minimum absolute atomic E-state index is 1.18. The standard InChI is InChI=1S/C6H11N2P/c1-3-4-6-5(2)7-8-9-6/h3-4H2,1-2H3,(H,7,8). The second kappa shape index (κ2) is 2.98. The minimum atomic E-state index is 1.18. The van der Waals surface area contributed by atoms with Crippen LogP contribution in [0.25, 0.3) is 0 Å². The molecule has 0 saturated heterocycles. The van der Waals surface area contributed by atoms with Crippen LogP contribution in [0.3, 0.4) is 0 Å². The topological polar surface area (TPSA) is 28.7 Å². The van der Waals surface area contributed by atoms with E-state index in [4.69, 9.17) is 0 Å². The molecule has 50 valence electrons. The molecule has 2 nitrogen and oxygen atoms in total. The largest absolute Gasteiger partial charge is 0.260 e. The van der Waals surface area contributed by atoms with Crippen molar-refractivity contribution in [3.63, 3.8) is 0 Å². The Bertz CT molecular complexity index is 183. The van der Waals surface area contributed by atoms with Crippen molar-refractivity contribution in [1.29, 1.82) is 0 Å². The summed E-state index contributed by atoms with van der Waals surface area (Å²) in [7, 11) is 1.19. The van der Waals surface area contributed by atoms with Crippen molar-refractivity contribution >= 4 is 8.35 Å². The molecule has 0 saturated carbocycles.